The second kappa shape index (κ2) is 11.2. The highest BCUT2D eigenvalue weighted by Crippen LogP contribution is 2.19. The largest absolute Gasteiger partial charge is 0.489 e. The molecule has 0 aromatic heterocycles. The number of rotatable bonds is 7. The fourth-order valence-electron chi connectivity index (χ4n) is 3.13. The first-order valence-corrected chi connectivity index (χ1v) is 9.51. The van der Waals surface area contributed by atoms with Crippen LogP contribution in [0.4, 0.5) is 0 Å². The van der Waals surface area contributed by atoms with Crippen LogP contribution in [-0.2, 0) is 17.8 Å². The van der Waals surface area contributed by atoms with Crippen LogP contribution in [0.1, 0.15) is 24.0 Å². The van der Waals surface area contributed by atoms with Crippen molar-refractivity contribution in [2.45, 2.75) is 25.9 Å². The standard InChI is InChI=1S/C21H25ClN2O2.ClH/c22-20-9-2-1-7-18(20)15-26-19-8-3-5-16(11-19)12-21(25)24-14-17-6-4-10-23-13-17;/h1-3,5,7-9,11,17,23H,4,6,10,12-15H2,(H,24,25);1H. The average Bonchev–Trinajstić information content (AvgIpc) is 2.67. The van der Waals surface area contributed by atoms with Crippen molar-refractivity contribution in [3.8, 4) is 5.75 Å². The van der Waals surface area contributed by atoms with E-state index in [9.17, 15) is 4.79 Å². The van der Waals surface area contributed by atoms with E-state index in [0.29, 0.717) is 24.0 Å². The molecule has 3 rings (SSSR count). The van der Waals surface area contributed by atoms with E-state index in [-0.39, 0.29) is 18.3 Å². The number of benzene rings is 2. The van der Waals surface area contributed by atoms with Crippen LogP contribution in [-0.4, -0.2) is 25.5 Å². The summed E-state index contributed by atoms with van der Waals surface area (Å²) in [5, 5.41) is 7.11. The highest BCUT2D eigenvalue weighted by Gasteiger charge is 2.14. The third kappa shape index (κ3) is 7.06. The summed E-state index contributed by atoms with van der Waals surface area (Å²) in [7, 11) is 0. The maximum absolute atomic E-state index is 12.2. The van der Waals surface area contributed by atoms with Crippen LogP contribution in [0.3, 0.4) is 0 Å². The molecular weight excluding hydrogens is 383 g/mol. The van der Waals surface area contributed by atoms with Gasteiger partial charge in [-0.05, 0) is 55.6 Å². The molecule has 6 heteroatoms. The Bertz CT molecular complexity index is 734. The minimum atomic E-state index is 0. The first-order valence-electron chi connectivity index (χ1n) is 9.13. The third-order valence-electron chi connectivity index (χ3n) is 4.60. The Balaban J connectivity index is 0.00000261. The Kier molecular flexibility index (Phi) is 8.92. The highest BCUT2D eigenvalue weighted by atomic mass is 35.5. The molecule has 1 saturated heterocycles. The number of hydrogen-bond acceptors (Lipinski definition) is 3. The second-order valence-corrected chi connectivity index (χ2v) is 7.13. The molecule has 4 nitrogen and oxygen atoms in total. The molecular formula is C21H26Cl2N2O2. The zero-order chi connectivity index (χ0) is 18.2. The van der Waals surface area contributed by atoms with Gasteiger partial charge in [0.25, 0.3) is 0 Å². The number of piperidine rings is 1. The lowest BCUT2D eigenvalue weighted by Crippen LogP contribution is -2.38. The van der Waals surface area contributed by atoms with Crippen molar-refractivity contribution in [2.24, 2.45) is 5.92 Å². The lowest BCUT2D eigenvalue weighted by molar-refractivity contribution is -0.120. The van der Waals surface area contributed by atoms with Gasteiger partial charge in [0.2, 0.25) is 5.91 Å². The number of nitrogens with one attached hydrogen (secondary N) is 2. The number of carbonyl (C=O) groups is 1. The van der Waals surface area contributed by atoms with Crippen LogP contribution in [0.25, 0.3) is 0 Å². The Morgan fingerprint density at radius 2 is 2.07 bits per heavy atom. The van der Waals surface area contributed by atoms with E-state index in [1.54, 1.807) is 0 Å². The van der Waals surface area contributed by atoms with Crippen LogP contribution in [0.15, 0.2) is 48.5 Å². The van der Waals surface area contributed by atoms with Crippen molar-refractivity contribution in [3.63, 3.8) is 0 Å². The number of hydrogen-bond donors (Lipinski definition) is 2. The van der Waals surface area contributed by atoms with Gasteiger partial charge in [0.15, 0.2) is 0 Å². The molecule has 2 aromatic carbocycles. The molecule has 0 aliphatic carbocycles. The van der Waals surface area contributed by atoms with Crippen molar-refractivity contribution in [1.29, 1.82) is 0 Å². The predicted octanol–water partition coefficient (Wildman–Crippen LogP) is 4.00. The topological polar surface area (TPSA) is 50.4 Å². The van der Waals surface area contributed by atoms with Gasteiger partial charge < -0.3 is 15.4 Å². The second-order valence-electron chi connectivity index (χ2n) is 6.72. The summed E-state index contributed by atoms with van der Waals surface area (Å²) in [6.45, 7) is 3.23. The van der Waals surface area contributed by atoms with Crippen molar-refractivity contribution in [1.82, 2.24) is 10.6 Å². The molecule has 0 spiro atoms. The summed E-state index contributed by atoms with van der Waals surface area (Å²) in [5.41, 5.74) is 1.89. The van der Waals surface area contributed by atoms with Gasteiger partial charge >= 0.3 is 0 Å². The van der Waals surface area contributed by atoms with Crippen molar-refractivity contribution in [2.75, 3.05) is 19.6 Å². The summed E-state index contributed by atoms with van der Waals surface area (Å²) in [6.07, 6.45) is 2.73. The van der Waals surface area contributed by atoms with Crippen LogP contribution < -0.4 is 15.4 Å². The third-order valence-corrected chi connectivity index (χ3v) is 4.97. The van der Waals surface area contributed by atoms with E-state index in [1.807, 2.05) is 48.5 Å². The normalized spacial score (nSPS) is 16.3. The SMILES string of the molecule is Cl.O=C(Cc1cccc(OCc2ccccc2Cl)c1)NCC1CCCNC1. The molecule has 1 fully saturated rings. The molecule has 1 atom stereocenters. The van der Waals surface area contributed by atoms with Crippen LogP contribution in [0.5, 0.6) is 5.75 Å². The maximum Gasteiger partial charge on any atom is 0.224 e. The van der Waals surface area contributed by atoms with E-state index < -0.39 is 0 Å². The van der Waals surface area contributed by atoms with Crippen LogP contribution >= 0.6 is 24.0 Å². The number of amides is 1. The molecule has 1 amide bonds. The summed E-state index contributed by atoms with van der Waals surface area (Å²) in [5.74, 6) is 1.34. The number of halogens is 2. The molecule has 0 saturated carbocycles. The molecule has 2 aromatic rings. The summed E-state index contributed by atoms with van der Waals surface area (Å²) in [4.78, 5) is 12.2. The van der Waals surface area contributed by atoms with Gasteiger partial charge in [-0.3, -0.25) is 4.79 Å². The Morgan fingerprint density at radius 1 is 1.22 bits per heavy atom. The van der Waals surface area contributed by atoms with Crippen molar-refractivity contribution < 1.29 is 9.53 Å². The minimum Gasteiger partial charge on any atom is -0.489 e. The lowest BCUT2D eigenvalue weighted by Gasteiger charge is -2.22. The summed E-state index contributed by atoms with van der Waals surface area (Å²) in [6, 6.07) is 15.3. The first kappa shape index (κ1) is 21.5. The molecule has 27 heavy (non-hydrogen) atoms. The zero-order valence-electron chi connectivity index (χ0n) is 15.2. The fourth-order valence-corrected chi connectivity index (χ4v) is 3.32. The maximum atomic E-state index is 12.2. The fraction of sp³-hybridized carbons (Fsp3) is 0.381. The Hall–Kier alpha value is -1.75. The van der Waals surface area contributed by atoms with E-state index in [1.165, 1.54) is 12.8 Å². The quantitative estimate of drug-likeness (QED) is 0.727. The van der Waals surface area contributed by atoms with Gasteiger partial charge in [0.05, 0.1) is 6.42 Å². The predicted molar refractivity (Wildman–Crippen MR) is 112 cm³/mol. The van der Waals surface area contributed by atoms with Gasteiger partial charge in [-0.25, -0.2) is 0 Å². The summed E-state index contributed by atoms with van der Waals surface area (Å²) < 4.78 is 5.83. The molecule has 0 bridgehead atoms. The van der Waals surface area contributed by atoms with Gasteiger partial charge in [0.1, 0.15) is 12.4 Å². The van der Waals surface area contributed by atoms with Crippen LogP contribution in [0.2, 0.25) is 5.02 Å². The monoisotopic (exact) mass is 408 g/mol. The molecule has 1 heterocycles. The van der Waals surface area contributed by atoms with E-state index in [4.69, 9.17) is 16.3 Å². The Labute approximate surface area is 172 Å². The Morgan fingerprint density at radius 3 is 2.85 bits per heavy atom. The molecule has 1 aliphatic heterocycles. The highest BCUT2D eigenvalue weighted by molar-refractivity contribution is 6.31. The van der Waals surface area contributed by atoms with E-state index in [2.05, 4.69) is 10.6 Å². The van der Waals surface area contributed by atoms with Gasteiger partial charge in [-0.15, -0.1) is 12.4 Å². The number of ether oxygens (including phenoxy) is 1. The van der Waals surface area contributed by atoms with E-state index >= 15 is 0 Å². The zero-order valence-corrected chi connectivity index (χ0v) is 16.8. The lowest BCUT2D eigenvalue weighted by atomic mass is 9.99. The van der Waals surface area contributed by atoms with E-state index in [0.717, 1.165) is 36.5 Å². The van der Waals surface area contributed by atoms with Crippen molar-refractivity contribution >= 4 is 29.9 Å². The minimum absolute atomic E-state index is 0. The molecule has 1 aliphatic rings. The smallest absolute Gasteiger partial charge is 0.224 e. The average molecular weight is 409 g/mol. The molecule has 1 unspecified atom stereocenters. The number of carbonyl (C=O) groups excluding carboxylic acids is 1. The molecule has 0 radical (unpaired) electrons. The van der Waals surface area contributed by atoms with Crippen LogP contribution in [0, 0.1) is 5.92 Å². The van der Waals surface area contributed by atoms with Crippen molar-refractivity contribution in [3.05, 3.63) is 64.7 Å². The van der Waals surface area contributed by atoms with Gasteiger partial charge in [-0.1, -0.05) is 41.9 Å². The summed E-state index contributed by atoms with van der Waals surface area (Å²) >= 11 is 6.15. The first-order chi connectivity index (χ1) is 12.7. The molecule has 146 valence electrons. The van der Waals surface area contributed by atoms with Gasteiger partial charge in [0, 0.05) is 17.1 Å². The van der Waals surface area contributed by atoms with Gasteiger partial charge in [-0.2, -0.15) is 0 Å². The molecule has 2 N–H and O–H groups in total.